The Bertz CT molecular complexity index is 703. The second-order valence-electron chi connectivity index (χ2n) is 4.05. The third-order valence-electron chi connectivity index (χ3n) is 2.66. The highest BCUT2D eigenvalue weighted by Crippen LogP contribution is 2.24. The highest BCUT2D eigenvalue weighted by Gasteiger charge is 2.17. The molecule has 105 valence electrons. The number of carboxylic acid groups (broad SMARTS) is 2. The smallest absolute Gasteiger partial charge is 0.336 e. The molecule has 21 heavy (non-hydrogen) atoms. The summed E-state index contributed by atoms with van der Waals surface area (Å²) in [5.41, 5.74) is -0.326. The standard InChI is InChI=1S/C15H9O6/c16-8-9-1-3-10(4-2-9)21-11-5-6-12(14(17)18)13(7-11)15(19)20/h1-7H,(H,17,18)(H,19,20). The second kappa shape index (κ2) is 5.87. The Kier molecular flexibility index (Phi) is 3.99. The van der Waals surface area contributed by atoms with E-state index in [0.717, 1.165) is 12.1 Å². The summed E-state index contributed by atoms with van der Waals surface area (Å²) in [7, 11) is 0. The third-order valence-corrected chi connectivity index (χ3v) is 2.66. The van der Waals surface area contributed by atoms with Gasteiger partial charge >= 0.3 is 11.9 Å². The molecular weight excluding hydrogens is 276 g/mol. The SMILES string of the molecule is O=[C]c1ccc(Oc2ccc(C(=O)O)c(C(=O)O)c2)cc1. The van der Waals surface area contributed by atoms with Crippen LogP contribution in [0, 0.1) is 0 Å². The first-order valence-corrected chi connectivity index (χ1v) is 5.78. The lowest BCUT2D eigenvalue weighted by atomic mass is 10.1. The van der Waals surface area contributed by atoms with Gasteiger partial charge in [-0.1, -0.05) is 0 Å². The average molecular weight is 285 g/mol. The molecule has 0 heterocycles. The van der Waals surface area contributed by atoms with Crippen molar-refractivity contribution >= 4 is 18.2 Å². The van der Waals surface area contributed by atoms with Gasteiger partial charge in [0.15, 0.2) is 0 Å². The van der Waals surface area contributed by atoms with Crippen LogP contribution in [0.25, 0.3) is 0 Å². The number of carboxylic acids is 2. The van der Waals surface area contributed by atoms with E-state index in [0.29, 0.717) is 11.3 Å². The van der Waals surface area contributed by atoms with Crippen LogP contribution in [0.4, 0.5) is 0 Å². The molecule has 2 aromatic rings. The summed E-state index contributed by atoms with van der Waals surface area (Å²) < 4.78 is 5.42. The molecule has 0 saturated carbocycles. The summed E-state index contributed by atoms with van der Waals surface area (Å²) >= 11 is 0. The molecule has 6 heteroatoms. The quantitative estimate of drug-likeness (QED) is 0.874. The summed E-state index contributed by atoms with van der Waals surface area (Å²) in [6, 6.07) is 9.67. The maximum Gasteiger partial charge on any atom is 0.336 e. The normalized spacial score (nSPS) is 9.90. The predicted molar refractivity (Wildman–Crippen MR) is 71.7 cm³/mol. The third kappa shape index (κ3) is 3.24. The van der Waals surface area contributed by atoms with Crippen LogP contribution in [0.5, 0.6) is 11.5 Å². The number of hydrogen-bond acceptors (Lipinski definition) is 4. The van der Waals surface area contributed by atoms with Crippen LogP contribution in [0.3, 0.4) is 0 Å². The molecule has 0 spiro atoms. The Labute approximate surface area is 119 Å². The van der Waals surface area contributed by atoms with Crippen LogP contribution < -0.4 is 4.74 Å². The van der Waals surface area contributed by atoms with Crippen molar-refractivity contribution in [3.63, 3.8) is 0 Å². The van der Waals surface area contributed by atoms with Crippen LogP contribution in [-0.2, 0) is 4.79 Å². The number of ether oxygens (including phenoxy) is 1. The highest BCUT2D eigenvalue weighted by atomic mass is 16.5. The zero-order valence-corrected chi connectivity index (χ0v) is 10.6. The second-order valence-corrected chi connectivity index (χ2v) is 4.05. The molecule has 1 radical (unpaired) electrons. The van der Waals surface area contributed by atoms with Crippen molar-refractivity contribution in [3.8, 4) is 11.5 Å². The van der Waals surface area contributed by atoms with Crippen LogP contribution in [0.2, 0.25) is 0 Å². The van der Waals surface area contributed by atoms with E-state index in [1.807, 2.05) is 0 Å². The average Bonchev–Trinajstić information content (AvgIpc) is 2.47. The number of aromatic carboxylic acids is 2. The largest absolute Gasteiger partial charge is 0.478 e. The van der Waals surface area contributed by atoms with Gasteiger partial charge in [0.2, 0.25) is 6.29 Å². The van der Waals surface area contributed by atoms with Crippen molar-refractivity contribution in [3.05, 3.63) is 59.2 Å². The number of carbonyl (C=O) groups excluding carboxylic acids is 1. The van der Waals surface area contributed by atoms with Gasteiger partial charge in [0, 0.05) is 5.56 Å². The number of carbonyl (C=O) groups is 2. The van der Waals surface area contributed by atoms with Crippen LogP contribution in [0.1, 0.15) is 26.3 Å². The number of rotatable bonds is 5. The fourth-order valence-electron chi connectivity index (χ4n) is 1.68. The lowest BCUT2D eigenvalue weighted by Gasteiger charge is -2.08. The fraction of sp³-hybridized carbons (Fsp3) is 0. The van der Waals surface area contributed by atoms with Crippen molar-refractivity contribution in [1.29, 1.82) is 0 Å². The molecule has 2 N–H and O–H groups in total. The van der Waals surface area contributed by atoms with Crippen molar-refractivity contribution in [2.75, 3.05) is 0 Å². The summed E-state index contributed by atoms with van der Waals surface area (Å²) in [5, 5.41) is 17.9. The summed E-state index contributed by atoms with van der Waals surface area (Å²) in [5.74, 6) is -2.12. The van der Waals surface area contributed by atoms with Gasteiger partial charge in [-0.2, -0.15) is 0 Å². The van der Waals surface area contributed by atoms with Gasteiger partial charge in [-0.15, -0.1) is 0 Å². The van der Waals surface area contributed by atoms with Crippen LogP contribution in [-0.4, -0.2) is 28.4 Å². The Balaban J connectivity index is 2.31. The van der Waals surface area contributed by atoms with E-state index in [1.165, 1.54) is 30.3 Å². The van der Waals surface area contributed by atoms with Gasteiger partial charge in [-0.25, -0.2) is 9.59 Å². The van der Waals surface area contributed by atoms with Crippen molar-refractivity contribution in [1.82, 2.24) is 0 Å². The molecule has 2 rings (SSSR count). The molecule has 0 unspecified atom stereocenters. The van der Waals surface area contributed by atoms with E-state index in [-0.39, 0.29) is 16.9 Å². The summed E-state index contributed by atoms with van der Waals surface area (Å²) in [6.07, 6.45) is 1.71. The van der Waals surface area contributed by atoms with E-state index in [1.54, 1.807) is 6.29 Å². The molecule has 0 aliphatic rings. The van der Waals surface area contributed by atoms with Gasteiger partial charge in [-0.3, -0.25) is 4.79 Å². The molecule has 6 nitrogen and oxygen atoms in total. The lowest BCUT2D eigenvalue weighted by Crippen LogP contribution is -2.07. The van der Waals surface area contributed by atoms with Crippen LogP contribution >= 0.6 is 0 Å². The molecule has 2 aromatic carbocycles. The topological polar surface area (TPSA) is 101 Å². The zero-order valence-electron chi connectivity index (χ0n) is 10.6. The molecular formula is C15H9O6. The van der Waals surface area contributed by atoms with Gasteiger partial charge in [0.1, 0.15) is 11.5 Å². The highest BCUT2D eigenvalue weighted by molar-refractivity contribution is 6.02. The Morgan fingerprint density at radius 3 is 1.95 bits per heavy atom. The van der Waals surface area contributed by atoms with E-state index < -0.39 is 11.9 Å². The van der Waals surface area contributed by atoms with E-state index in [2.05, 4.69) is 0 Å². The molecule has 0 fully saturated rings. The Hall–Kier alpha value is -3.15. The predicted octanol–water partition coefficient (Wildman–Crippen LogP) is 2.33. The zero-order chi connectivity index (χ0) is 15.4. The first-order valence-electron chi connectivity index (χ1n) is 5.78. The molecule has 0 aliphatic carbocycles. The van der Waals surface area contributed by atoms with E-state index >= 15 is 0 Å². The molecule has 0 aliphatic heterocycles. The van der Waals surface area contributed by atoms with Crippen molar-refractivity contribution < 1.29 is 29.3 Å². The van der Waals surface area contributed by atoms with Crippen molar-refractivity contribution in [2.45, 2.75) is 0 Å². The molecule has 0 atom stereocenters. The number of benzene rings is 2. The van der Waals surface area contributed by atoms with Gasteiger partial charge in [0.05, 0.1) is 11.1 Å². The lowest BCUT2D eigenvalue weighted by molar-refractivity contribution is 0.0651. The maximum atomic E-state index is 11.1. The first kappa shape index (κ1) is 14.3. The number of hydrogen-bond donors (Lipinski definition) is 2. The Morgan fingerprint density at radius 1 is 0.857 bits per heavy atom. The minimum atomic E-state index is -1.36. The fourth-order valence-corrected chi connectivity index (χ4v) is 1.68. The molecule has 0 bridgehead atoms. The van der Waals surface area contributed by atoms with Gasteiger partial charge in [-0.05, 0) is 42.5 Å². The minimum Gasteiger partial charge on any atom is -0.478 e. The van der Waals surface area contributed by atoms with E-state index in [4.69, 9.17) is 14.9 Å². The Morgan fingerprint density at radius 2 is 1.43 bits per heavy atom. The van der Waals surface area contributed by atoms with Crippen LogP contribution in [0.15, 0.2) is 42.5 Å². The van der Waals surface area contributed by atoms with E-state index in [9.17, 15) is 14.4 Å². The molecule has 0 aromatic heterocycles. The molecule has 0 amide bonds. The summed E-state index contributed by atoms with van der Waals surface area (Å²) in [4.78, 5) is 32.4. The summed E-state index contributed by atoms with van der Waals surface area (Å²) in [6.45, 7) is 0. The monoisotopic (exact) mass is 285 g/mol. The molecule has 0 saturated heterocycles. The van der Waals surface area contributed by atoms with Gasteiger partial charge < -0.3 is 14.9 Å². The minimum absolute atomic E-state index is 0.181. The van der Waals surface area contributed by atoms with Crippen molar-refractivity contribution in [2.24, 2.45) is 0 Å². The maximum absolute atomic E-state index is 11.1. The first-order chi connectivity index (χ1) is 10.0. The van der Waals surface area contributed by atoms with Gasteiger partial charge in [0.25, 0.3) is 0 Å².